The molecular weight excluding hydrogens is 248 g/mol. The highest BCUT2D eigenvalue weighted by Gasteiger charge is 2.23. The first-order chi connectivity index (χ1) is 9.52. The third kappa shape index (κ3) is 3.81. The number of hydrogen-bond donors (Lipinski definition) is 2. The first-order valence-electron chi connectivity index (χ1n) is 7.69. The summed E-state index contributed by atoms with van der Waals surface area (Å²) in [6.45, 7) is 7.67. The Morgan fingerprint density at radius 2 is 2.10 bits per heavy atom. The van der Waals surface area contributed by atoms with Gasteiger partial charge in [-0.2, -0.15) is 0 Å². The molecule has 0 aliphatic carbocycles. The molecule has 0 saturated carbocycles. The zero-order chi connectivity index (χ0) is 14.6. The lowest BCUT2D eigenvalue weighted by molar-refractivity contribution is 0.0995. The molecule has 0 amide bonds. The van der Waals surface area contributed by atoms with Crippen molar-refractivity contribution in [3.05, 3.63) is 35.4 Å². The van der Waals surface area contributed by atoms with Gasteiger partial charge in [-0.1, -0.05) is 45.0 Å². The lowest BCUT2D eigenvalue weighted by Gasteiger charge is -2.27. The minimum atomic E-state index is 0.134. The van der Waals surface area contributed by atoms with E-state index < -0.39 is 0 Å². The molecule has 2 unspecified atom stereocenters. The zero-order valence-corrected chi connectivity index (χ0v) is 13.0. The van der Waals surface area contributed by atoms with Crippen LogP contribution >= 0.6 is 0 Å². The van der Waals surface area contributed by atoms with E-state index in [1.165, 1.54) is 24.0 Å². The van der Waals surface area contributed by atoms with Gasteiger partial charge in [0.25, 0.3) is 0 Å². The summed E-state index contributed by atoms with van der Waals surface area (Å²) in [5, 5.41) is 0. The van der Waals surface area contributed by atoms with E-state index in [-0.39, 0.29) is 11.5 Å². The van der Waals surface area contributed by atoms with Crippen LogP contribution < -0.4 is 11.3 Å². The lowest BCUT2D eigenvalue weighted by Crippen LogP contribution is -2.31. The Labute approximate surface area is 122 Å². The van der Waals surface area contributed by atoms with Gasteiger partial charge in [0, 0.05) is 12.6 Å². The summed E-state index contributed by atoms with van der Waals surface area (Å²) in [5.41, 5.74) is 5.82. The number of hydrazine groups is 1. The molecule has 2 rings (SSSR count). The van der Waals surface area contributed by atoms with Crippen molar-refractivity contribution in [1.82, 2.24) is 5.43 Å². The summed E-state index contributed by atoms with van der Waals surface area (Å²) < 4.78 is 5.71. The molecule has 0 spiro atoms. The average Bonchev–Trinajstić information content (AvgIpc) is 2.92. The molecule has 1 fully saturated rings. The van der Waals surface area contributed by atoms with Gasteiger partial charge in [0.2, 0.25) is 0 Å². The normalized spacial score (nSPS) is 21.1. The van der Waals surface area contributed by atoms with Crippen LogP contribution in [0.25, 0.3) is 0 Å². The van der Waals surface area contributed by atoms with E-state index in [0.717, 1.165) is 19.4 Å². The lowest BCUT2D eigenvalue weighted by atomic mass is 9.81. The monoisotopic (exact) mass is 276 g/mol. The third-order valence-electron chi connectivity index (χ3n) is 4.15. The SMILES string of the molecule is CC(C)(C)c1ccccc1C(CCC1CCCO1)NN. The van der Waals surface area contributed by atoms with Crippen LogP contribution in [0.2, 0.25) is 0 Å². The predicted octanol–water partition coefficient (Wildman–Crippen LogP) is 3.45. The zero-order valence-electron chi connectivity index (χ0n) is 13.0. The molecule has 3 N–H and O–H groups in total. The molecule has 3 heteroatoms. The van der Waals surface area contributed by atoms with E-state index in [0.29, 0.717) is 6.10 Å². The van der Waals surface area contributed by atoms with Crippen LogP contribution in [0.3, 0.4) is 0 Å². The summed E-state index contributed by atoms with van der Waals surface area (Å²) >= 11 is 0. The Bertz CT molecular complexity index is 419. The molecule has 1 aromatic rings. The summed E-state index contributed by atoms with van der Waals surface area (Å²) in [6, 6.07) is 8.82. The standard InChI is InChI=1S/C17H28N2O/c1-17(2,3)15-9-5-4-8-14(15)16(19-18)11-10-13-7-6-12-20-13/h4-5,8-9,13,16,19H,6-7,10-12,18H2,1-3H3. The van der Waals surface area contributed by atoms with E-state index in [1.807, 2.05) is 0 Å². The van der Waals surface area contributed by atoms with Gasteiger partial charge < -0.3 is 4.74 Å². The predicted molar refractivity (Wildman–Crippen MR) is 83.4 cm³/mol. The van der Waals surface area contributed by atoms with Crippen LogP contribution in [0.4, 0.5) is 0 Å². The summed E-state index contributed by atoms with van der Waals surface area (Å²) in [7, 11) is 0. The van der Waals surface area contributed by atoms with Crippen molar-refractivity contribution in [2.45, 2.75) is 64.0 Å². The van der Waals surface area contributed by atoms with Crippen molar-refractivity contribution in [3.63, 3.8) is 0 Å². The highest BCUT2D eigenvalue weighted by Crippen LogP contribution is 2.32. The maximum Gasteiger partial charge on any atom is 0.0576 e. The second-order valence-electron chi connectivity index (χ2n) is 6.77. The Hall–Kier alpha value is -0.900. The van der Waals surface area contributed by atoms with E-state index in [2.05, 4.69) is 50.5 Å². The van der Waals surface area contributed by atoms with Gasteiger partial charge >= 0.3 is 0 Å². The highest BCUT2D eigenvalue weighted by molar-refractivity contribution is 5.35. The molecule has 1 aliphatic rings. The number of ether oxygens (including phenoxy) is 1. The van der Waals surface area contributed by atoms with E-state index >= 15 is 0 Å². The molecule has 0 aromatic heterocycles. The van der Waals surface area contributed by atoms with Crippen LogP contribution in [0.5, 0.6) is 0 Å². The van der Waals surface area contributed by atoms with Crippen molar-refractivity contribution in [2.24, 2.45) is 5.84 Å². The van der Waals surface area contributed by atoms with Crippen molar-refractivity contribution in [2.75, 3.05) is 6.61 Å². The van der Waals surface area contributed by atoms with Gasteiger partial charge in [0.05, 0.1) is 6.10 Å². The van der Waals surface area contributed by atoms with E-state index in [4.69, 9.17) is 10.6 Å². The minimum Gasteiger partial charge on any atom is -0.378 e. The van der Waals surface area contributed by atoms with Gasteiger partial charge in [0.1, 0.15) is 0 Å². The molecule has 20 heavy (non-hydrogen) atoms. The largest absolute Gasteiger partial charge is 0.378 e. The molecule has 1 aromatic carbocycles. The van der Waals surface area contributed by atoms with Crippen molar-refractivity contribution < 1.29 is 4.74 Å². The fraction of sp³-hybridized carbons (Fsp3) is 0.647. The molecule has 2 atom stereocenters. The quantitative estimate of drug-likeness (QED) is 0.639. The maximum atomic E-state index is 5.81. The van der Waals surface area contributed by atoms with Crippen LogP contribution in [-0.2, 0) is 10.2 Å². The Balaban J connectivity index is 2.10. The first kappa shape index (κ1) is 15.5. The summed E-state index contributed by atoms with van der Waals surface area (Å²) in [6.07, 6.45) is 4.91. The summed E-state index contributed by atoms with van der Waals surface area (Å²) in [5.74, 6) is 5.81. The van der Waals surface area contributed by atoms with Gasteiger partial charge in [0.15, 0.2) is 0 Å². The number of hydrogen-bond acceptors (Lipinski definition) is 3. The van der Waals surface area contributed by atoms with Crippen LogP contribution in [0.1, 0.15) is 63.6 Å². The minimum absolute atomic E-state index is 0.134. The number of nitrogens with one attached hydrogen (secondary N) is 1. The van der Waals surface area contributed by atoms with Gasteiger partial charge in [-0.15, -0.1) is 0 Å². The van der Waals surface area contributed by atoms with Crippen molar-refractivity contribution >= 4 is 0 Å². The Morgan fingerprint density at radius 3 is 2.70 bits per heavy atom. The third-order valence-corrected chi connectivity index (χ3v) is 4.15. The molecule has 0 radical (unpaired) electrons. The number of rotatable bonds is 5. The van der Waals surface area contributed by atoms with Crippen LogP contribution in [0.15, 0.2) is 24.3 Å². The van der Waals surface area contributed by atoms with Crippen molar-refractivity contribution in [1.29, 1.82) is 0 Å². The molecular formula is C17H28N2O. The topological polar surface area (TPSA) is 47.3 Å². The van der Waals surface area contributed by atoms with Crippen LogP contribution in [0, 0.1) is 0 Å². The fourth-order valence-electron chi connectivity index (χ4n) is 3.04. The molecule has 0 bridgehead atoms. The molecule has 1 saturated heterocycles. The first-order valence-corrected chi connectivity index (χ1v) is 7.69. The second kappa shape index (κ2) is 6.70. The van der Waals surface area contributed by atoms with E-state index in [9.17, 15) is 0 Å². The van der Waals surface area contributed by atoms with Crippen molar-refractivity contribution in [3.8, 4) is 0 Å². The smallest absolute Gasteiger partial charge is 0.0576 e. The molecule has 1 aliphatic heterocycles. The Morgan fingerprint density at radius 1 is 1.35 bits per heavy atom. The van der Waals surface area contributed by atoms with Gasteiger partial charge in [-0.25, -0.2) is 0 Å². The fourth-order valence-corrected chi connectivity index (χ4v) is 3.04. The van der Waals surface area contributed by atoms with E-state index in [1.54, 1.807) is 0 Å². The Kier molecular flexibility index (Phi) is 5.19. The number of nitrogens with two attached hydrogens (primary N) is 1. The average molecular weight is 276 g/mol. The highest BCUT2D eigenvalue weighted by atomic mass is 16.5. The van der Waals surface area contributed by atoms with Gasteiger partial charge in [-0.05, 0) is 42.2 Å². The van der Waals surface area contributed by atoms with Crippen LogP contribution in [-0.4, -0.2) is 12.7 Å². The second-order valence-corrected chi connectivity index (χ2v) is 6.77. The molecule has 3 nitrogen and oxygen atoms in total. The number of benzene rings is 1. The van der Waals surface area contributed by atoms with Gasteiger partial charge in [-0.3, -0.25) is 11.3 Å². The maximum absolute atomic E-state index is 5.81. The summed E-state index contributed by atoms with van der Waals surface area (Å²) in [4.78, 5) is 0. The molecule has 112 valence electrons. The molecule has 1 heterocycles.